The van der Waals surface area contributed by atoms with Crippen LogP contribution in [-0.4, -0.2) is 4.98 Å². The average molecular weight is 269 g/mol. The van der Waals surface area contributed by atoms with Crippen LogP contribution in [0.15, 0.2) is 36.5 Å². The molecule has 1 aliphatic rings. The van der Waals surface area contributed by atoms with Crippen molar-refractivity contribution in [1.82, 2.24) is 10.4 Å². The molecule has 1 atom stereocenters. The van der Waals surface area contributed by atoms with Crippen molar-refractivity contribution in [2.45, 2.75) is 38.6 Å². The minimum absolute atomic E-state index is 0.232. The molecule has 20 heavy (non-hydrogen) atoms. The molecule has 0 saturated heterocycles. The highest BCUT2D eigenvalue weighted by atomic mass is 15.2. The zero-order chi connectivity index (χ0) is 13.9. The summed E-state index contributed by atoms with van der Waals surface area (Å²) in [5.74, 6) is 7.38. The van der Waals surface area contributed by atoms with E-state index in [0.717, 1.165) is 11.4 Å². The van der Waals surface area contributed by atoms with Crippen molar-refractivity contribution in [3.63, 3.8) is 0 Å². The highest BCUT2D eigenvalue weighted by Gasteiger charge is 2.27. The largest absolute Gasteiger partial charge is 0.271 e. The smallest absolute Gasteiger partial charge is 0.0705 e. The number of hydrazine groups is 1. The van der Waals surface area contributed by atoms with E-state index in [9.17, 15) is 0 Å². The van der Waals surface area contributed by atoms with Gasteiger partial charge >= 0.3 is 0 Å². The molecule has 0 radical (unpaired) electrons. The average Bonchev–Trinajstić information content (AvgIpc) is 2.50. The number of fused-ring (bicyclic) bond motifs is 1. The van der Waals surface area contributed by atoms with Crippen molar-refractivity contribution in [3.05, 3.63) is 42.1 Å². The molecule has 1 fully saturated rings. The lowest BCUT2D eigenvalue weighted by atomic mass is 9.77. The molecule has 1 aromatic heterocycles. The SMILES string of the molecule is CC1CCC(C(NN)c2cccc3ncccc23)CC1. The Morgan fingerprint density at radius 3 is 2.70 bits per heavy atom. The number of hydrogen-bond acceptors (Lipinski definition) is 3. The third-order valence-electron chi connectivity index (χ3n) is 4.73. The standard InChI is InChI=1S/C17H23N3/c1-12-7-9-13(10-8-12)17(20-18)15-4-2-6-16-14(15)5-3-11-19-16/h2-6,11-13,17,20H,7-10,18H2,1H3. The van der Waals surface area contributed by atoms with Gasteiger partial charge in [-0.05, 0) is 42.4 Å². The Kier molecular flexibility index (Phi) is 3.99. The molecule has 1 unspecified atom stereocenters. The predicted molar refractivity (Wildman–Crippen MR) is 82.9 cm³/mol. The summed E-state index contributed by atoms with van der Waals surface area (Å²) in [6.45, 7) is 2.35. The Balaban J connectivity index is 1.95. The summed E-state index contributed by atoms with van der Waals surface area (Å²) in [6, 6.07) is 10.7. The lowest BCUT2D eigenvalue weighted by Gasteiger charge is -2.33. The summed E-state index contributed by atoms with van der Waals surface area (Å²) in [4.78, 5) is 4.45. The van der Waals surface area contributed by atoms with E-state index in [1.807, 2.05) is 12.3 Å². The first kappa shape index (κ1) is 13.5. The van der Waals surface area contributed by atoms with Gasteiger partial charge < -0.3 is 0 Å². The van der Waals surface area contributed by atoms with Gasteiger partial charge in [0.05, 0.1) is 5.52 Å². The van der Waals surface area contributed by atoms with E-state index in [2.05, 4.69) is 41.6 Å². The lowest BCUT2D eigenvalue weighted by molar-refractivity contribution is 0.233. The summed E-state index contributed by atoms with van der Waals surface area (Å²) >= 11 is 0. The molecule has 106 valence electrons. The molecule has 0 amide bonds. The number of pyridine rings is 1. The van der Waals surface area contributed by atoms with Gasteiger partial charge in [-0.25, -0.2) is 0 Å². The number of rotatable bonds is 3. The summed E-state index contributed by atoms with van der Waals surface area (Å²) in [6.07, 6.45) is 6.98. The second kappa shape index (κ2) is 5.90. The molecule has 0 bridgehead atoms. The van der Waals surface area contributed by atoms with Crippen molar-refractivity contribution in [1.29, 1.82) is 0 Å². The summed E-state index contributed by atoms with van der Waals surface area (Å²) < 4.78 is 0. The predicted octanol–water partition coefficient (Wildman–Crippen LogP) is 3.57. The normalized spacial score (nSPS) is 24.7. The Morgan fingerprint density at radius 1 is 1.15 bits per heavy atom. The van der Waals surface area contributed by atoms with E-state index in [-0.39, 0.29) is 6.04 Å². The molecule has 3 heteroatoms. The van der Waals surface area contributed by atoms with Crippen LogP contribution in [0, 0.1) is 11.8 Å². The third-order valence-corrected chi connectivity index (χ3v) is 4.73. The molecule has 1 aromatic carbocycles. The van der Waals surface area contributed by atoms with Gasteiger partial charge in [0.1, 0.15) is 0 Å². The molecule has 1 heterocycles. The van der Waals surface area contributed by atoms with Crippen LogP contribution in [-0.2, 0) is 0 Å². The zero-order valence-corrected chi connectivity index (χ0v) is 12.0. The Hall–Kier alpha value is -1.45. The minimum Gasteiger partial charge on any atom is -0.271 e. The van der Waals surface area contributed by atoms with E-state index in [1.54, 1.807) is 0 Å². The summed E-state index contributed by atoms with van der Waals surface area (Å²) in [5, 5.41) is 1.22. The molecule has 3 rings (SSSR count). The monoisotopic (exact) mass is 269 g/mol. The van der Waals surface area contributed by atoms with Crippen molar-refractivity contribution < 1.29 is 0 Å². The third kappa shape index (κ3) is 2.56. The van der Waals surface area contributed by atoms with E-state index < -0.39 is 0 Å². The van der Waals surface area contributed by atoms with Gasteiger partial charge in [-0.3, -0.25) is 16.3 Å². The van der Waals surface area contributed by atoms with Gasteiger partial charge in [0, 0.05) is 17.6 Å². The number of aromatic nitrogens is 1. The zero-order valence-electron chi connectivity index (χ0n) is 12.0. The molecule has 1 aliphatic carbocycles. The molecule has 1 saturated carbocycles. The molecule has 3 N–H and O–H groups in total. The van der Waals surface area contributed by atoms with Crippen LogP contribution in [0.4, 0.5) is 0 Å². The highest BCUT2D eigenvalue weighted by Crippen LogP contribution is 2.38. The summed E-state index contributed by atoms with van der Waals surface area (Å²) in [5.41, 5.74) is 5.41. The molecule has 2 aromatic rings. The Morgan fingerprint density at radius 2 is 1.95 bits per heavy atom. The van der Waals surface area contributed by atoms with Crippen LogP contribution < -0.4 is 11.3 Å². The maximum Gasteiger partial charge on any atom is 0.0705 e. The fourth-order valence-corrected chi connectivity index (χ4v) is 3.50. The highest BCUT2D eigenvalue weighted by molar-refractivity contribution is 5.82. The number of nitrogens with one attached hydrogen (secondary N) is 1. The number of hydrogen-bond donors (Lipinski definition) is 2. The molecule has 3 nitrogen and oxygen atoms in total. The number of benzene rings is 1. The minimum atomic E-state index is 0.232. The van der Waals surface area contributed by atoms with Gasteiger partial charge in [-0.15, -0.1) is 0 Å². The van der Waals surface area contributed by atoms with Crippen molar-refractivity contribution >= 4 is 10.9 Å². The fourth-order valence-electron chi connectivity index (χ4n) is 3.50. The van der Waals surface area contributed by atoms with Gasteiger partial charge in [-0.1, -0.05) is 38.0 Å². The van der Waals surface area contributed by atoms with Crippen LogP contribution in [0.1, 0.15) is 44.2 Å². The lowest BCUT2D eigenvalue weighted by Crippen LogP contribution is -2.35. The number of nitrogens with zero attached hydrogens (tertiary/aromatic N) is 1. The Bertz CT molecular complexity index is 568. The summed E-state index contributed by atoms with van der Waals surface area (Å²) in [7, 11) is 0. The van der Waals surface area contributed by atoms with Crippen LogP contribution >= 0.6 is 0 Å². The first-order valence-electron chi connectivity index (χ1n) is 7.59. The maximum absolute atomic E-state index is 5.89. The topological polar surface area (TPSA) is 50.9 Å². The van der Waals surface area contributed by atoms with Crippen LogP contribution in [0.3, 0.4) is 0 Å². The van der Waals surface area contributed by atoms with Crippen molar-refractivity contribution in [2.75, 3.05) is 0 Å². The van der Waals surface area contributed by atoms with E-state index >= 15 is 0 Å². The van der Waals surface area contributed by atoms with Crippen molar-refractivity contribution in [2.24, 2.45) is 17.7 Å². The first-order valence-corrected chi connectivity index (χ1v) is 7.59. The van der Waals surface area contributed by atoms with Gasteiger partial charge in [0.25, 0.3) is 0 Å². The van der Waals surface area contributed by atoms with Crippen LogP contribution in [0.25, 0.3) is 10.9 Å². The van der Waals surface area contributed by atoms with E-state index in [1.165, 1.54) is 36.6 Å². The van der Waals surface area contributed by atoms with Crippen LogP contribution in [0.5, 0.6) is 0 Å². The van der Waals surface area contributed by atoms with Crippen molar-refractivity contribution in [3.8, 4) is 0 Å². The molecular formula is C17H23N3. The van der Waals surface area contributed by atoms with E-state index in [4.69, 9.17) is 5.84 Å². The number of nitrogens with two attached hydrogens (primary N) is 1. The second-order valence-electron chi connectivity index (χ2n) is 6.08. The fraction of sp³-hybridized carbons (Fsp3) is 0.471. The maximum atomic E-state index is 5.89. The second-order valence-corrected chi connectivity index (χ2v) is 6.08. The van der Waals surface area contributed by atoms with Gasteiger partial charge in [0.15, 0.2) is 0 Å². The Labute approximate surface area is 120 Å². The first-order chi connectivity index (χ1) is 9.79. The quantitative estimate of drug-likeness (QED) is 0.661. The van der Waals surface area contributed by atoms with Gasteiger partial charge in [0.2, 0.25) is 0 Å². The van der Waals surface area contributed by atoms with Gasteiger partial charge in [-0.2, -0.15) is 0 Å². The van der Waals surface area contributed by atoms with E-state index in [0.29, 0.717) is 5.92 Å². The molecule has 0 aliphatic heterocycles. The molecule has 0 spiro atoms. The molecular weight excluding hydrogens is 246 g/mol. The van der Waals surface area contributed by atoms with Crippen LogP contribution in [0.2, 0.25) is 0 Å².